The molecule has 8 aromatic carbocycles. The minimum atomic E-state index is 1.07. The van der Waals surface area contributed by atoms with Crippen LogP contribution in [0.25, 0.3) is 44.5 Å². The summed E-state index contributed by atoms with van der Waals surface area (Å²) in [5.74, 6) is 0. The van der Waals surface area contributed by atoms with Gasteiger partial charge in [0.15, 0.2) is 0 Å². The molecule has 0 saturated heterocycles. The van der Waals surface area contributed by atoms with Crippen molar-refractivity contribution in [2.75, 3.05) is 10.2 Å². The van der Waals surface area contributed by atoms with Gasteiger partial charge in [0, 0.05) is 28.4 Å². The summed E-state index contributed by atoms with van der Waals surface area (Å²) >= 11 is 0. The molecule has 238 valence electrons. The Morgan fingerprint density at radius 3 is 1.18 bits per heavy atom. The lowest BCUT2D eigenvalue weighted by atomic mass is 9.96. The molecule has 0 aromatic heterocycles. The molecule has 0 unspecified atom stereocenters. The first-order valence-corrected chi connectivity index (χ1v) is 17.0. The zero-order valence-corrected chi connectivity index (χ0v) is 27.7. The Balaban J connectivity index is 1.06. The van der Waals surface area contributed by atoms with Crippen molar-refractivity contribution in [2.45, 2.75) is 0 Å². The molecule has 1 N–H and O–H groups in total. The first kappa shape index (κ1) is 30.7. The van der Waals surface area contributed by atoms with Gasteiger partial charge >= 0.3 is 0 Å². The molecule has 0 spiro atoms. The van der Waals surface area contributed by atoms with Crippen molar-refractivity contribution >= 4 is 28.4 Å². The Morgan fingerprint density at radius 2 is 0.600 bits per heavy atom. The molecule has 0 atom stereocenters. The van der Waals surface area contributed by atoms with Crippen molar-refractivity contribution in [3.63, 3.8) is 0 Å². The fourth-order valence-electron chi connectivity index (χ4n) is 6.47. The molecule has 0 bridgehead atoms. The summed E-state index contributed by atoms with van der Waals surface area (Å²) < 4.78 is 0. The van der Waals surface area contributed by atoms with Crippen LogP contribution in [0.4, 0.5) is 28.4 Å². The highest BCUT2D eigenvalue weighted by atomic mass is 15.1. The van der Waals surface area contributed by atoms with Gasteiger partial charge in [-0.1, -0.05) is 140 Å². The first-order chi connectivity index (χ1) is 24.8. The van der Waals surface area contributed by atoms with E-state index in [-0.39, 0.29) is 0 Å². The molecule has 0 fully saturated rings. The standard InChI is InChI=1S/C48H36N2/c1-4-13-36(14-5-1)43-19-12-24-48(35-43)50(46-22-8-3-9-23-46)47-31-27-38(28-32-47)40-16-11-18-42(34-40)41-17-10-15-39(33-41)37-25-29-45(30-26-37)49-44-20-6-2-7-21-44/h1-35,49H. The quantitative estimate of drug-likeness (QED) is 0.169. The van der Waals surface area contributed by atoms with Crippen LogP contribution in [0.1, 0.15) is 0 Å². The number of anilines is 5. The van der Waals surface area contributed by atoms with E-state index < -0.39 is 0 Å². The average molecular weight is 641 g/mol. The molecule has 0 aliphatic carbocycles. The van der Waals surface area contributed by atoms with E-state index in [1.807, 2.05) is 18.2 Å². The third kappa shape index (κ3) is 6.82. The van der Waals surface area contributed by atoms with Gasteiger partial charge < -0.3 is 10.2 Å². The molecule has 8 rings (SSSR count). The van der Waals surface area contributed by atoms with Gasteiger partial charge in [-0.05, 0) is 117 Å². The summed E-state index contributed by atoms with van der Waals surface area (Å²) in [6, 6.07) is 75.3. The lowest BCUT2D eigenvalue weighted by molar-refractivity contribution is 1.28. The molecule has 2 nitrogen and oxygen atoms in total. The van der Waals surface area contributed by atoms with Crippen molar-refractivity contribution in [3.05, 3.63) is 212 Å². The predicted octanol–water partition coefficient (Wildman–Crippen LogP) is 13.6. The van der Waals surface area contributed by atoms with E-state index in [0.29, 0.717) is 0 Å². The van der Waals surface area contributed by atoms with E-state index in [1.165, 1.54) is 44.5 Å². The van der Waals surface area contributed by atoms with E-state index in [9.17, 15) is 0 Å². The number of para-hydroxylation sites is 2. The van der Waals surface area contributed by atoms with Crippen LogP contribution < -0.4 is 10.2 Å². The number of hydrogen-bond donors (Lipinski definition) is 1. The molecule has 0 heterocycles. The maximum atomic E-state index is 3.47. The van der Waals surface area contributed by atoms with Crippen molar-refractivity contribution in [1.82, 2.24) is 0 Å². The normalized spacial score (nSPS) is 10.8. The minimum absolute atomic E-state index is 1.07. The van der Waals surface area contributed by atoms with E-state index in [4.69, 9.17) is 0 Å². The highest BCUT2D eigenvalue weighted by Gasteiger charge is 2.14. The molecule has 50 heavy (non-hydrogen) atoms. The minimum Gasteiger partial charge on any atom is -0.356 e. The van der Waals surface area contributed by atoms with E-state index in [0.717, 1.165) is 28.4 Å². The summed E-state index contributed by atoms with van der Waals surface area (Å²) in [5.41, 5.74) is 15.0. The molecule has 8 aromatic rings. The number of nitrogens with zero attached hydrogens (tertiary/aromatic N) is 1. The number of nitrogens with one attached hydrogen (secondary N) is 1. The second-order valence-corrected chi connectivity index (χ2v) is 12.4. The lowest BCUT2D eigenvalue weighted by Crippen LogP contribution is -2.09. The highest BCUT2D eigenvalue weighted by molar-refractivity contribution is 5.82. The van der Waals surface area contributed by atoms with E-state index in [2.05, 4.69) is 204 Å². The maximum absolute atomic E-state index is 3.47. The topological polar surface area (TPSA) is 15.3 Å². The average Bonchev–Trinajstić information content (AvgIpc) is 3.20. The van der Waals surface area contributed by atoms with Crippen LogP contribution in [0.15, 0.2) is 212 Å². The summed E-state index contributed by atoms with van der Waals surface area (Å²) in [4.78, 5) is 2.32. The molecule has 0 aliphatic heterocycles. The van der Waals surface area contributed by atoms with Gasteiger partial charge in [0.2, 0.25) is 0 Å². The van der Waals surface area contributed by atoms with Crippen LogP contribution >= 0.6 is 0 Å². The second-order valence-electron chi connectivity index (χ2n) is 12.4. The van der Waals surface area contributed by atoms with Crippen molar-refractivity contribution in [2.24, 2.45) is 0 Å². The van der Waals surface area contributed by atoms with Crippen LogP contribution in [0.5, 0.6) is 0 Å². The van der Waals surface area contributed by atoms with Gasteiger partial charge in [0.1, 0.15) is 0 Å². The molecular formula is C48H36N2. The Morgan fingerprint density at radius 1 is 0.240 bits per heavy atom. The van der Waals surface area contributed by atoms with Crippen molar-refractivity contribution in [1.29, 1.82) is 0 Å². The summed E-state index contributed by atoms with van der Waals surface area (Å²) in [5, 5.41) is 3.47. The van der Waals surface area contributed by atoms with Crippen LogP contribution in [0.3, 0.4) is 0 Å². The van der Waals surface area contributed by atoms with Gasteiger partial charge in [-0.3, -0.25) is 0 Å². The molecule has 0 saturated carbocycles. The monoisotopic (exact) mass is 640 g/mol. The van der Waals surface area contributed by atoms with Gasteiger partial charge in [-0.15, -0.1) is 0 Å². The zero-order valence-electron chi connectivity index (χ0n) is 27.7. The number of rotatable bonds is 9. The largest absolute Gasteiger partial charge is 0.356 e. The Kier molecular flexibility index (Phi) is 8.73. The summed E-state index contributed by atoms with van der Waals surface area (Å²) in [7, 11) is 0. The Hall–Kier alpha value is -6.64. The zero-order chi connectivity index (χ0) is 33.5. The van der Waals surface area contributed by atoms with Crippen LogP contribution in [-0.4, -0.2) is 0 Å². The number of benzene rings is 8. The number of hydrogen-bond acceptors (Lipinski definition) is 2. The smallest absolute Gasteiger partial charge is 0.0467 e. The molecule has 2 heteroatoms. The first-order valence-electron chi connectivity index (χ1n) is 17.0. The van der Waals surface area contributed by atoms with Crippen LogP contribution in [0, 0.1) is 0 Å². The molecule has 0 radical (unpaired) electrons. The van der Waals surface area contributed by atoms with Crippen molar-refractivity contribution in [3.8, 4) is 44.5 Å². The third-order valence-electron chi connectivity index (χ3n) is 9.02. The van der Waals surface area contributed by atoms with Crippen LogP contribution in [0.2, 0.25) is 0 Å². The molecular weight excluding hydrogens is 605 g/mol. The Labute approximate surface area is 294 Å². The SMILES string of the molecule is c1ccc(Nc2ccc(-c3cccc(-c4cccc(-c5ccc(N(c6ccccc6)c6cccc(-c7ccccc7)c6)cc5)c4)c3)cc2)cc1. The van der Waals surface area contributed by atoms with Gasteiger partial charge in [-0.2, -0.15) is 0 Å². The molecule has 0 aliphatic rings. The lowest BCUT2D eigenvalue weighted by Gasteiger charge is -2.26. The van der Waals surface area contributed by atoms with Gasteiger partial charge in [0.05, 0.1) is 0 Å². The van der Waals surface area contributed by atoms with Crippen molar-refractivity contribution < 1.29 is 0 Å². The third-order valence-corrected chi connectivity index (χ3v) is 9.02. The summed E-state index contributed by atoms with van der Waals surface area (Å²) in [6.45, 7) is 0. The predicted molar refractivity (Wildman–Crippen MR) is 213 cm³/mol. The van der Waals surface area contributed by atoms with E-state index >= 15 is 0 Å². The summed E-state index contributed by atoms with van der Waals surface area (Å²) in [6.07, 6.45) is 0. The fraction of sp³-hybridized carbons (Fsp3) is 0. The van der Waals surface area contributed by atoms with Gasteiger partial charge in [0.25, 0.3) is 0 Å². The molecule has 0 amide bonds. The second kappa shape index (κ2) is 14.2. The van der Waals surface area contributed by atoms with E-state index in [1.54, 1.807) is 0 Å². The Bertz CT molecular complexity index is 2310. The maximum Gasteiger partial charge on any atom is 0.0467 e. The highest BCUT2D eigenvalue weighted by Crippen LogP contribution is 2.38. The fourth-order valence-corrected chi connectivity index (χ4v) is 6.47. The van der Waals surface area contributed by atoms with Gasteiger partial charge in [-0.25, -0.2) is 0 Å². The van der Waals surface area contributed by atoms with Crippen LogP contribution in [-0.2, 0) is 0 Å².